The summed E-state index contributed by atoms with van der Waals surface area (Å²) in [5.41, 5.74) is 0.294. The van der Waals surface area contributed by atoms with E-state index < -0.39 is 0 Å². The molecule has 1 heterocycles. The first-order valence-electron chi connectivity index (χ1n) is 8.54. The molecule has 0 aromatic rings. The van der Waals surface area contributed by atoms with E-state index in [0.717, 1.165) is 24.9 Å². The van der Waals surface area contributed by atoms with Crippen molar-refractivity contribution in [2.75, 3.05) is 13.1 Å². The summed E-state index contributed by atoms with van der Waals surface area (Å²) in [4.78, 5) is 0. The molecule has 19 heavy (non-hydrogen) atoms. The highest BCUT2D eigenvalue weighted by molar-refractivity contribution is 4.92. The molecule has 1 saturated carbocycles. The van der Waals surface area contributed by atoms with Crippen LogP contribution in [0.5, 0.6) is 0 Å². The van der Waals surface area contributed by atoms with Gasteiger partial charge in [-0.2, -0.15) is 0 Å². The Morgan fingerprint density at radius 3 is 2.53 bits per heavy atom. The van der Waals surface area contributed by atoms with Crippen LogP contribution in [0.1, 0.15) is 72.1 Å². The Morgan fingerprint density at radius 2 is 1.89 bits per heavy atom. The van der Waals surface area contributed by atoms with Gasteiger partial charge < -0.3 is 10.1 Å². The largest absolute Gasteiger partial charge is 0.372 e. The summed E-state index contributed by atoms with van der Waals surface area (Å²) in [5, 5.41) is 3.52. The molecule has 2 nitrogen and oxygen atoms in total. The van der Waals surface area contributed by atoms with E-state index in [4.69, 9.17) is 4.74 Å². The van der Waals surface area contributed by atoms with Crippen molar-refractivity contribution in [1.82, 2.24) is 5.32 Å². The predicted octanol–water partition coefficient (Wildman–Crippen LogP) is 4.14. The molecule has 0 bridgehead atoms. The highest BCUT2D eigenvalue weighted by atomic mass is 16.5. The summed E-state index contributed by atoms with van der Waals surface area (Å²) in [6, 6.07) is 0. The van der Waals surface area contributed by atoms with Crippen molar-refractivity contribution in [3.63, 3.8) is 0 Å². The fraction of sp³-hybridized carbons (Fsp3) is 1.00. The van der Waals surface area contributed by atoms with Gasteiger partial charge in [-0.25, -0.2) is 0 Å². The van der Waals surface area contributed by atoms with Gasteiger partial charge in [-0.1, -0.05) is 40.0 Å². The molecule has 1 aliphatic heterocycles. The topological polar surface area (TPSA) is 21.3 Å². The number of rotatable bonds is 6. The lowest BCUT2D eigenvalue weighted by molar-refractivity contribution is -0.0713. The highest BCUT2D eigenvalue weighted by Crippen LogP contribution is 2.43. The molecule has 0 aromatic carbocycles. The van der Waals surface area contributed by atoms with Gasteiger partial charge in [-0.3, -0.25) is 0 Å². The first-order chi connectivity index (χ1) is 9.15. The zero-order valence-corrected chi connectivity index (χ0v) is 13.2. The van der Waals surface area contributed by atoms with Gasteiger partial charge in [0, 0.05) is 0 Å². The number of hydrogen-bond donors (Lipinski definition) is 1. The fourth-order valence-corrected chi connectivity index (χ4v) is 3.88. The molecular weight excluding hydrogens is 234 g/mol. The zero-order chi connectivity index (χ0) is 13.7. The summed E-state index contributed by atoms with van der Waals surface area (Å²) >= 11 is 0. The van der Waals surface area contributed by atoms with Crippen molar-refractivity contribution < 1.29 is 4.74 Å². The second-order valence-electron chi connectivity index (χ2n) is 7.07. The van der Waals surface area contributed by atoms with Crippen LogP contribution in [0.3, 0.4) is 0 Å². The molecular formula is C17H33NO. The number of ether oxygens (including phenoxy) is 1. The quantitative estimate of drug-likeness (QED) is 0.781. The maximum absolute atomic E-state index is 6.52. The minimum Gasteiger partial charge on any atom is -0.372 e. The van der Waals surface area contributed by atoms with Crippen LogP contribution in [0.4, 0.5) is 0 Å². The highest BCUT2D eigenvalue weighted by Gasteiger charge is 2.41. The van der Waals surface area contributed by atoms with Gasteiger partial charge in [-0.05, 0) is 57.0 Å². The third-order valence-corrected chi connectivity index (χ3v) is 5.27. The Hall–Kier alpha value is -0.0800. The van der Waals surface area contributed by atoms with Crippen molar-refractivity contribution >= 4 is 0 Å². The first kappa shape index (κ1) is 15.3. The van der Waals surface area contributed by atoms with E-state index in [1.807, 2.05) is 0 Å². The molecule has 0 amide bonds. The van der Waals surface area contributed by atoms with Crippen LogP contribution in [-0.4, -0.2) is 24.8 Å². The minimum absolute atomic E-state index is 0.294. The third-order valence-electron chi connectivity index (χ3n) is 5.27. The van der Waals surface area contributed by atoms with Crippen molar-refractivity contribution in [2.24, 2.45) is 11.8 Å². The summed E-state index contributed by atoms with van der Waals surface area (Å²) < 4.78 is 6.52. The van der Waals surface area contributed by atoms with E-state index in [0.29, 0.717) is 11.7 Å². The van der Waals surface area contributed by atoms with Crippen LogP contribution < -0.4 is 5.32 Å². The number of nitrogens with one attached hydrogen (secondary N) is 1. The second-order valence-corrected chi connectivity index (χ2v) is 7.07. The van der Waals surface area contributed by atoms with Crippen LogP contribution in [0.25, 0.3) is 0 Å². The van der Waals surface area contributed by atoms with Gasteiger partial charge >= 0.3 is 0 Å². The van der Waals surface area contributed by atoms with E-state index in [1.54, 1.807) is 0 Å². The Labute approximate surface area is 119 Å². The van der Waals surface area contributed by atoms with Gasteiger partial charge in [0.25, 0.3) is 0 Å². The molecule has 0 aromatic heterocycles. The molecule has 2 aliphatic rings. The molecule has 1 saturated heterocycles. The normalized spacial score (nSPS) is 28.1. The third kappa shape index (κ3) is 4.19. The average molecular weight is 267 g/mol. The second kappa shape index (κ2) is 7.08. The summed E-state index contributed by atoms with van der Waals surface area (Å²) in [6.07, 6.45) is 11.3. The molecule has 1 aliphatic carbocycles. The maximum Gasteiger partial charge on any atom is 0.0687 e. The molecule has 2 atom stereocenters. The van der Waals surface area contributed by atoms with Gasteiger partial charge in [0.05, 0.1) is 11.7 Å². The Balaban J connectivity index is 1.82. The lowest BCUT2D eigenvalue weighted by atomic mass is 9.82. The van der Waals surface area contributed by atoms with Crippen molar-refractivity contribution in [1.29, 1.82) is 0 Å². The Kier molecular flexibility index (Phi) is 5.70. The van der Waals surface area contributed by atoms with E-state index >= 15 is 0 Å². The molecule has 1 spiro atoms. The van der Waals surface area contributed by atoms with Crippen molar-refractivity contribution in [3.05, 3.63) is 0 Å². The standard InChI is InChI=1S/C17H33NO/c1-4-18-13-15(14(2)3)12-16-8-11-17(19-16)9-6-5-7-10-17/h14-16,18H,4-13H2,1-3H3. The van der Waals surface area contributed by atoms with E-state index in [1.165, 1.54) is 51.4 Å². The Bertz CT molecular complexity index is 258. The molecule has 2 fully saturated rings. The molecule has 2 heteroatoms. The van der Waals surface area contributed by atoms with Crippen molar-refractivity contribution in [3.8, 4) is 0 Å². The van der Waals surface area contributed by atoms with E-state index in [9.17, 15) is 0 Å². The van der Waals surface area contributed by atoms with Crippen LogP contribution in [0.2, 0.25) is 0 Å². The van der Waals surface area contributed by atoms with Crippen LogP contribution in [-0.2, 0) is 4.74 Å². The monoisotopic (exact) mass is 267 g/mol. The van der Waals surface area contributed by atoms with E-state index in [2.05, 4.69) is 26.1 Å². The van der Waals surface area contributed by atoms with E-state index in [-0.39, 0.29) is 0 Å². The Morgan fingerprint density at radius 1 is 1.16 bits per heavy atom. The maximum atomic E-state index is 6.52. The molecule has 2 rings (SSSR count). The zero-order valence-electron chi connectivity index (χ0n) is 13.2. The fourth-order valence-electron chi connectivity index (χ4n) is 3.88. The van der Waals surface area contributed by atoms with Crippen LogP contribution in [0, 0.1) is 11.8 Å². The summed E-state index contributed by atoms with van der Waals surface area (Å²) in [7, 11) is 0. The SMILES string of the molecule is CCNCC(CC1CCC2(CCCCC2)O1)C(C)C. The van der Waals surface area contributed by atoms with Crippen molar-refractivity contribution in [2.45, 2.75) is 83.8 Å². The lowest BCUT2D eigenvalue weighted by Gasteiger charge is -2.34. The minimum atomic E-state index is 0.294. The van der Waals surface area contributed by atoms with Crippen LogP contribution >= 0.6 is 0 Å². The summed E-state index contributed by atoms with van der Waals surface area (Å²) in [6.45, 7) is 9.14. The molecule has 1 N–H and O–H groups in total. The van der Waals surface area contributed by atoms with Gasteiger partial charge in [-0.15, -0.1) is 0 Å². The molecule has 2 unspecified atom stereocenters. The average Bonchev–Trinajstić information content (AvgIpc) is 2.78. The van der Waals surface area contributed by atoms with Crippen LogP contribution in [0.15, 0.2) is 0 Å². The smallest absolute Gasteiger partial charge is 0.0687 e. The van der Waals surface area contributed by atoms with Gasteiger partial charge in [0.1, 0.15) is 0 Å². The van der Waals surface area contributed by atoms with Gasteiger partial charge in [0.2, 0.25) is 0 Å². The van der Waals surface area contributed by atoms with Gasteiger partial charge in [0.15, 0.2) is 0 Å². The summed E-state index contributed by atoms with van der Waals surface area (Å²) in [5.74, 6) is 1.52. The predicted molar refractivity (Wildman–Crippen MR) is 81.4 cm³/mol. The molecule has 112 valence electrons. The molecule has 0 radical (unpaired) electrons. The first-order valence-corrected chi connectivity index (χ1v) is 8.54. The lowest BCUT2D eigenvalue weighted by Crippen LogP contribution is -2.33. The number of hydrogen-bond acceptors (Lipinski definition) is 2.